The van der Waals surface area contributed by atoms with Gasteiger partial charge in [-0.15, -0.1) is 0 Å². The fourth-order valence-corrected chi connectivity index (χ4v) is 7.17. The summed E-state index contributed by atoms with van der Waals surface area (Å²) in [6.07, 6.45) is -9.20. The van der Waals surface area contributed by atoms with Crippen LogP contribution in [0.2, 0.25) is 0 Å². The van der Waals surface area contributed by atoms with Crippen molar-refractivity contribution in [2.75, 3.05) is 0 Å². The highest BCUT2D eigenvalue weighted by molar-refractivity contribution is 5.89. The largest absolute Gasteiger partial charge is 0.450 e. The molecule has 0 saturated carbocycles. The minimum absolute atomic E-state index is 0.165. The summed E-state index contributed by atoms with van der Waals surface area (Å²) < 4.78 is 52.3. The van der Waals surface area contributed by atoms with Gasteiger partial charge < -0.3 is 43.0 Å². The van der Waals surface area contributed by atoms with Gasteiger partial charge in [0.2, 0.25) is 0 Å². The van der Waals surface area contributed by atoms with Crippen molar-refractivity contribution in [2.45, 2.75) is 102 Å². The topological polar surface area (TPSA) is 111 Å². The van der Waals surface area contributed by atoms with E-state index in [1.54, 1.807) is 24.3 Å². The number of aliphatic hydroxyl groups is 1. The van der Waals surface area contributed by atoms with E-state index < -0.39 is 67.4 Å². The van der Waals surface area contributed by atoms with Gasteiger partial charge in [0, 0.05) is 0 Å². The number of benzene rings is 5. The van der Waals surface area contributed by atoms with Gasteiger partial charge in [0.05, 0.1) is 44.2 Å². The molecule has 10 atom stereocenters. The van der Waals surface area contributed by atoms with Gasteiger partial charge in [0.15, 0.2) is 18.7 Å². The molecule has 0 amide bonds. The smallest absolute Gasteiger partial charge is 0.338 e. The lowest BCUT2D eigenvalue weighted by atomic mass is 9.96. The van der Waals surface area contributed by atoms with Crippen LogP contribution in [0.4, 0.5) is 0 Å². The second kappa shape index (κ2) is 20.1. The van der Waals surface area contributed by atoms with Crippen LogP contribution in [0.25, 0.3) is 0 Å². The predicted molar refractivity (Wildman–Crippen MR) is 211 cm³/mol. The summed E-state index contributed by atoms with van der Waals surface area (Å²) in [5.74, 6) is -0.586. The molecule has 0 spiro atoms. The SMILES string of the molecule is C[C@@H]1O[C@@H](O[C@H]2[C@H](OCc3ccccc3)[C@@H](C)O[C@H](O)[C@H]2OCc2ccccc2)[C@H](OC(=O)c2ccccc2)[C@H](OCc2ccccc2)[C@H]1OCc1ccccc1. The van der Waals surface area contributed by atoms with Gasteiger partial charge in [0.1, 0.15) is 30.5 Å². The number of esters is 1. The normalized spacial score (nSPS) is 27.4. The summed E-state index contributed by atoms with van der Waals surface area (Å²) in [5.41, 5.74) is 4.08. The van der Waals surface area contributed by atoms with E-state index in [0.717, 1.165) is 22.3 Å². The van der Waals surface area contributed by atoms with Crippen molar-refractivity contribution in [2.24, 2.45) is 0 Å². The summed E-state index contributed by atoms with van der Waals surface area (Å²) >= 11 is 0. The third-order valence-electron chi connectivity index (χ3n) is 10.2. The van der Waals surface area contributed by atoms with E-state index in [1.165, 1.54) is 0 Å². The van der Waals surface area contributed by atoms with Crippen LogP contribution in [0.1, 0.15) is 46.5 Å². The molecule has 10 nitrogen and oxygen atoms in total. The van der Waals surface area contributed by atoms with E-state index in [1.807, 2.05) is 141 Å². The Morgan fingerprint density at radius 3 is 1.30 bits per heavy atom. The van der Waals surface area contributed by atoms with Crippen LogP contribution in [0.3, 0.4) is 0 Å². The molecule has 57 heavy (non-hydrogen) atoms. The Morgan fingerprint density at radius 1 is 0.474 bits per heavy atom. The van der Waals surface area contributed by atoms with Crippen molar-refractivity contribution in [3.8, 4) is 0 Å². The first-order valence-electron chi connectivity index (χ1n) is 19.5. The summed E-state index contributed by atoms with van der Waals surface area (Å²) in [5, 5.41) is 11.5. The van der Waals surface area contributed by atoms with Gasteiger partial charge in [0.25, 0.3) is 0 Å². The number of hydrogen-bond acceptors (Lipinski definition) is 10. The Bertz CT molecular complexity index is 1860. The maximum Gasteiger partial charge on any atom is 0.338 e. The van der Waals surface area contributed by atoms with Gasteiger partial charge in [-0.2, -0.15) is 0 Å². The van der Waals surface area contributed by atoms with Gasteiger partial charge in [-0.05, 0) is 48.2 Å². The van der Waals surface area contributed by atoms with E-state index in [0.29, 0.717) is 5.56 Å². The molecule has 2 saturated heterocycles. The molecule has 2 heterocycles. The third kappa shape index (κ3) is 10.8. The minimum Gasteiger partial charge on any atom is -0.450 e. The molecule has 5 aromatic rings. The molecular formula is C47H50O10. The van der Waals surface area contributed by atoms with Crippen molar-refractivity contribution >= 4 is 5.97 Å². The average Bonchev–Trinajstić information content (AvgIpc) is 3.25. The van der Waals surface area contributed by atoms with Crippen molar-refractivity contribution in [1.82, 2.24) is 0 Å². The fraction of sp³-hybridized carbons (Fsp3) is 0.340. The zero-order valence-corrected chi connectivity index (χ0v) is 32.2. The predicted octanol–water partition coefficient (Wildman–Crippen LogP) is 7.42. The van der Waals surface area contributed by atoms with E-state index in [-0.39, 0.29) is 26.4 Å². The lowest BCUT2D eigenvalue weighted by Gasteiger charge is -2.48. The highest BCUT2D eigenvalue weighted by Gasteiger charge is 2.53. The molecule has 0 bridgehead atoms. The molecule has 2 fully saturated rings. The number of rotatable bonds is 16. The molecule has 298 valence electrons. The Kier molecular flexibility index (Phi) is 14.3. The molecule has 2 aliphatic rings. The van der Waals surface area contributed by atoms with E-state index in [4.69, 9.17) is 37.9 Å². The zero-order valence-electron chi connectivity index (χ0n) is 32.2. The highest BCUT2D eigenvalue weighted by atomic mass is 16.7. The standard InChI is InChI=1S/C47H50O10/c1-32-40(51-29-35-20-10-4-11-21-35)42(43(46(49)54-32)53-31-37-24-14-6-15-25-37)57-47-44(56-45(48)38-26-16-7-17-27-38)41(52-30-36-22-12-5-13-23-36)39(33(2)55-47)50-28-34-18-8-3-9-19-34/h3-27,32-33,39-44,46-47,49H,28-31H2,1-2H3/t32-,33+,39+,40-,41-,42+,43+,44-,46+,47+/m1/s1. The number of ether oxygens (including phenoxy) is 8. The number of aliphatic hydroxyl groups excluding tert-OH is 1. The Labute approximate surface area is 334 Å². The van der Waals surface area contributed by atoms with E-state index >= 15 is 0 Å². The zero-order chi connectivity index (χ0) is 39.4. The Hall–Kier alpha value is -4.75. The maximum absolute atomic E-state index is 14.0. The highest BCUT2D eigenvalue weighted by Crippen LogP contribution is 2.35. The van der Waals surface area contributed by atoms with Crippen LogP contribution >= 0.6 is 0 Å². The number of hydrogen-bond donors (Lipinski definition) is 1. The van der Waals surface area contributed by atoms with E-state index in [2.05, 4.69) is 0 Å². The van der Waals surface area contributed by atoms with Crippen LogP contribution in [0, 0.1) is 0 Å². The molecule has 0 unspecified atom stereocenters. The monoisotopic (exact) mass is 774 g/mol. The second-order valence-corrected chi connectivity index (χ2v) is 14.3. The molecule has 5 aromatic carbocycles. The third-order valence-corrected chi connectivity index (χ3v) is 10.2. The summed E-state index contributed by atoms with van der Waals surface area (Å²) in [7, 11) is 0. The lowest BCUT2D eigenvalue weighted by molar-refractivity contribution is -0.363. The molecule has 1 N–H and O–H groups in total. The summed E-state index contributed by atoms with van der Waals surface area (Å²) in [6, 6.07) is 47.7. The van der Waals surface area contributed by atoms with Crippen molar-refractivity contribution < 1.29 is 47.8 Å². The molecule has 10 heteroatoms. The quantitative estimate of drug-likeness (QED) is 0.102. The van der Waals surface area contributed by atoms with Gasteiger partial charge in [-0.3, -0.25) is 0 Å². The molecular weight excluding hydrogens is 725 g/mol. The molecule has 0 aliphatic carbocycles. The molecule has 7 rings (SSSR count). The van der Waals surface area contributed by atoms with Crippen molar-refractivity contribution in [1.29, 1.82) is 0 Å². The second-order valence-electron chi connectivity index (χ2n) is 14.3. The van der Waals surface area contributed by atoms with Crippen molar-refractivity contribution in [3.05, 3.63) is 179 Å². The summed E-state index contributed by atoms with van der Waals surface area (Å²) in [4.78, 5) is 14.0. The molecule has 0 radical (unpaired) electrons. The maximum atomic E-state index is 14.0. The Balaban J connectivity index is 1.23. The first kappa shape index (κ1) is 40.4. The lowest BCUT2D eigenvalue weighted by Crippen LogP contribution is -2.65. The fourth-order valence-electron chi connectivity index (χ4n) is 7.17. The number of carbonyl (C=O) groups excluding carboxylic acids is 1. The van der Waals surface area contributed by atoms with Gasteiger partial charge in [-0.25, -0.2) is 4.79 Å². The van der Waals surface area contributed by atoms with Crippen LogP contribution in [-0.2, 0) is 64.3 Å². The summed E-state index contributed by atoms with van der Waals surface area (Å²) in [6.45, 7) is 4.58. The van der Waals surface area contributed by atoms with Gasteiger partial charge in [-0.1, -0.05) is 140 Å². The van der Waals surface area contributed by atoms with Crippen LogP contribution in [0.5, 0.6) is 0 Å². The van der Waals surface area contributed by atoms with Crippen LogP contribution in [-0.4, -0.2) is 72.5 Å². The first-order chi connectivity index (χ1) is 27.9. The average molecular weight is 775 g/mol. The Morgan fingerprint density at radius 2 is 0.842 bits per heavy atom. The van der Waals surface area contributed by atoms with E-state index in [9.17, 15) is 9.90 Å². The number of carbonyl (C=O) groups is 1. The minimum atomic E-state index is -1.37. The van der Waals surface area contributed by atoms with Crippen molar-refractivity contribution in [3.63, 3.8) is 0 Å². The van der Waals surface area contributed by atoms with Crippen LogP contribution in [0.15, 0.2) is 152 Å². The molecule has 2 aliphatic heterocycles. The van der Waals surface area contributed by atoms with Crippen LogP contribution < -0.4 is 0 Å². The molecule has 0 aromatic heterocycles. The first-order valence-corrected chi connectivity index (χ1v) is 19.5. The van der Waals surface area contributed by atoms with Gasteiger partial charge >= 0.3 is 5.97 Å².